The molecular weight excluding hydrogens is 252 g/mol. The fourth-order valence-electron chi connectivity index (χ4n) is 1.11. The lowest BCUT2D eigenvalue weighted by molar-refractivity contribution is -0.144. The number of thioether (sulfide) groups is 1. The molecule has 0 aliphatic carbocycles. The SMILES string of the molecule is CCOC(=O)C(N)CSC(C)C(=O)NC(C)(C)C. The van der Waals surface area contributed by atoms with Crippen molar-refractivity contribution in [3.8, 4) is 0 Å². The third-order valence-corrected chi connectivity index (χ3v) is 3.25. The van der Waals surface area contributed by atoms with E-state index in [2.05, 4.69) is 5.32 Å². The van der Waals surface area contributed by atoms with Gasteiger partial charge >= 0.3 is 5.97 Å². The summed E-state index contributed by atoms with van der Waals surface area (Å²) in [5.74, 6) is -0.102. The summed E-state index contributed by atoms with van der Waals surface area (Å²) in [4.78, 5) is 23.1. The van der Waals surface area contributed by atoms with Crippen LogP contribution in [0.3, 0.4) is 0 Å². The van der Waals surface area contributed by atoms with Gasteiger partial charge in [0.1, 0.15) is 6.04 Å². The Morgan fingerprint density at radius 1 is 1.39 bits per heavy atom. The zero-order chi connectivity index (χ0) is 14.3. The molecule has 0 aliphatic heterocycles. The highest BCUT2D eigenvalue weighted by Gasteiger charge is 2.22. The van der Waals surface area contributed by atoms with Crippen LogP contribution in [-0.2, 0) is 14.3 Å². The lowest BCUT2D eigenvalue weighted by atomic mass is 10.1. The van der Waals surface area contributed by atoms with Crippen LogP contribution in [0.15, 0.2) is 0 Å². The summed E-state index contributed by atoms with van der Waals surface area (Å²) < 4.78 is 4.80. The van der Waals surface area contributed by atoms with Gasteiger partial charge < -0.3 is 15.8 Å². The van der Waals surface area contributed by atoms with Gasteiger partial charge in [0.2, 0.25) is 5.91 Å². The molecule has 0 spiro atoms. The number of carbonyl (C=O) groups excluding carboxylic acids is 2. The molecule has 6 heteroatoms. The molecule has 2 unspecified atom stereocenters. The highest BCUT2D eigenvalue weighted by Crippen LogP contribution is 2.13. The van der Waals surface area contributed by atoms with Crippen LogP contribution in [0.1, 0.15) is 34.6 Å². The number of esters is 1. The molecule has 0 radical (unpaired) electrons. The zero-order valence-electron chi connectivity index (χ0n) is 11.8. The molecule has 0 fully saturated rings. The molecule has 0 aliphatic rings. The Balaban J connectivity index is 4.06. The topological polar surface area (TPSA) is 81.4 Å². The minimum absolute atomic E-state index is 0.0523. The summed E-state index contributed by atoms with van der Waals surface area (Å²) in [6.45, 7) is 9.62. The maximum absolute atomic E-state index is 11.8. The van der Waals surface area contributed by atoms with E-state index in [0.717, 1.165) is 0 Å². The first-order valence-electron chi connectivity index (χ1n) is 6.03. The van der Waals surface area contributed by atoms with E-state index >= 15 is 0 Å². The maximum Gasteiger partial charge on any atom is 0.323 e. The number of rotatable bonds is 6. The van der Waals surface area contributed by atoms with Gasteiger partial charge in [-0.15, -0.1) is 11.8 Å². The molecule has 5 nitrogen and oxygen atoms in total. The smallest absolute Gasteiger partial charge is 0.323 e. The van der Waals surface area contributed by atoms with E-state index < -0.39 is 12.0 Å². The second-order valence-corrected chi connectivity index (χ2v) is 6.45. The van der Waals surface area contributed by atoms with Crippen molar-refractivity contribution in [1.29, 1.82) is 0 Å². The molecule has 0 aromatic carbocycles. The Morgan fingerprint density at radius 2 is 1.94 bits per heavy atom. The van der Waals surface area contributed by atoms with Crippen LogP contribution >= 0.6 is 11.8 Å². The van der Waals surface area contributed by atoms with Gasteiger partial charge in [0.05, 0.1) is 11.9 Å². The van der Waals surface area contributed by atoms with Crippen LogP contribution in [0, 0.1) is 0 Å². The summed E-state index contributed by atoms with van der Waals surface area (Å²) in [5, 5.41) is 2.63. The molecule has 106 valence electrons. The summed E-state index contributed by atoms with van der Waals surface area (Å²) in [7, 11) is 0. The average molecular weight is 276 g/mol. The van der Waals surface area contributed by atoms with Gasteiger partial charge in [-0.25, -0.2) is 0 Å². The van der Waals surface area contributed by atoms with E-state index in [1.807, 2.05) is 20.8 Å². The Bertz CT molecular complexity index is 290. The minimum atomic E-state index is -0.681. The predicted molar refractivity (Wildman–Crippen MR) is 74.4 cm³/mol. The van der Waals surface area contributed by atoms with E-state index in [-0.39, 0.29) is 16.7 Å². The summed E-state index contributed by atoms with van der Waals surface area (Å²) in [6.07, 6.45) is 0. The molecule has 3 N–H and O–H groups in total. The number of nitrogens with two attached hydrogens (primary N) is 1. The van der Waals surface area contributed by atoms with Gasteiger partial charge in [-0.1, -0.05) is 0 Å². The average Bonchev–Trinajstić information content (AvgIpc) is 2.23. The van der Waals surface area contributed by atoms with Crippen molar-refractivity contribution >= 4 is 23.6 Å². The maximum atomic E-state index is 11.8. The molecule has 2 atom stereocenters. The second kappa shape index (κ2) is 7.63. The quantitative estimate of drug-likeness (QED) is 0.705. The van der Waals surface area contributed by atoms with Gasteiger partial charge in [-0.2, -0.15) is 0 Å². The number of hydrogen-bond donors (Lipinski definition) is 2. The molecular formula is C12H24N2O3S. The third kappa shape index (κ3) is 7.55. The standard InChI is InChI=1S/C12H24N2O3S/c1-6-17-11(16)9(13)7-18-8(2)10(15)14-12(3,4)5/h8-9H,6-7,13H2,1-5H3,(H,14,15). The van der Waals surface area contributed by atoms with Crippen molar-refractivity contribution in [3.63, 3.8) is 0 Å². The first-order valence-corrected chi connectivity index (χ1v) is 7.08. The van der Waals surface area contributed by atoms with Crippen molar-refractivity contribution in [2.45, 2.75) is 51.4 Å². The van der Waals surface area contributed by atoms with Crippen LogP contribution in [0.5, 0.6) is 0 Å². The monoisotopic (exact) mass is 276 g/mol. The Labute approximate surface area is 113 Å². The molecule has 1 amide bonds. The Morgan fingerprint density at radius 3 is 2.39 bits per heavy atom. The molecule has 18 heavy (non-hydrogen) atoms. The Hall–Kier alpha value is -0.750. The van der Waals surface area contributed by atoms with Crippen LogP contribution in [-0.4, -0.2) is 41.1 Å². The summed E-state index contributed by atoms with van der Waals surface area (Å²) >= 11 is 1.35. The van der Waals surface area contributed by atoms with Crippen LogP contribution in [0.2, 0.25) is 0 Å². The Kier molecular flexibility index (Phi) is 7.32. The predicted octanol–water partition coefficient (Wildman–Crippen LogP) is 0.913. The van der Waals surface area contributed by atoms with Gasteiger partial charge in [0, 0.05) is 11.3 Å². The molecule has 0 saturated heterocycles. The van der Waals surface area contributed by atoms with Crippen LogP contribution < -0.4 is 11.1 Å². The van der Waals surface area contributed by atoms with E-state index in [9.17, 15) is 9.59 Å². The van der Waals surface area contributed by atoms with E-state index in [4.69, 9.17) is 10.5 Å². The second-order valence-electron chi connectivity index (χ2n) is 5.07. The lowest BCUT2D eigenvalue weighted by Gasteiger charge is -2.23. The van der Waals surface area contributed by atoms with Gasteiger partial charge in [-0.3, -0.25) is 9.59 Å². The number of hydrogen-bond acceptors (Lipinski definition) is 5. The molecule has 0 rings (SSSR count). The normalized spacial score (nSPS) is 14.8. The number of amides is 1. The van der Waals surface area contributed by atoms with Crippen molar-refractivity contribution in [1.82, 2.24) is 5.32 Å². The van der Waals surface area contributed by atoms with E-state index in [0.29, 0.717) is 12.4 Å². The minimum Gasteiger partial charge on any atom is -0.465 e. The molecule has 0 aromatic heterocycles. The van der Waals surface area contributed by atoms with Crippen LogP contribution in [0.4, 0.5) is 0 Å². The van der Waals surface area contributed by atoms with Gasteiger partial charge in [0.15, 0.2) is 0 Å². The molecule has 0 bridgehead atoms. The van der Waals surface area contributed by atoms with Crippen molar-refractivity contribution in [2.24, 2.45) is 5.73 Å². The van der Waals surface area contributed by atoms with E-state index in [1.165, 1.54) is 11.8 Å². The van der Waals surface area contributed by atoms with Gasteiger partial charge in [-0.05, 0) is 34.6 Å². The zero-order valence-corrected chi connectivity index (χ0v) is 12.6. The molecule has 0 aromatic rings. The molecule has 0 saturated carbocycles. The van der Waals surface area contributed by atoms with Crippen LogP contribution in [0.25, 0.3) is 0 Å². The van der Waals surface area contributed by atoms with Crippen molar-refractivity contribution < 1.29 is 14.3 Å². The summed E-state index contributed by atoms with van der Waals surface area (Å²) in [5.41, 5.74) is 5.40. The summed E-state index contributed by atoms with van der Waals surface area (Å²) in [6, 6.07) is -0.681. The highest BCUT2D eigenvalue weighted by molar-refractivity contribution is 8.00. The van der Waals surface area contributed by atoms with Gasteiger partial charge in [0.25, 0.3) is 0 Å². The number of carbonyl (C=O) groups is 2. The first kappa shape index (κ1) is 17.2. The first-order chi connectivity index (χ1) is 8.17. The fraction of sp³-hybridized carbons (Fsp3) is 0.833. The molecule has 0 heterocycles. The fourth-order valence-corrected chi connectivity index (χ4v) is 1.95. The number of nitrogens with one attached hydrogen (secondary N) is 1. The largest absolute Gasteiger partial charge is 0.465 e. The van der Waals surface area contributed by atoms with E-state index in [1.54, 1.807) is 13.8 Å². The van der Waals surface area contributed by atoms with Crippen molar-refractivity contribution in [3.05, 3.63) is 0 Å². The third-order valence-electron chi connectivity index (χ3n) is 1.98. The highest BCUT2D eigenvalue weighted by atomic mass is 32.2. The number of ether oxygens (including phenoxy) is 1. The lowest BCUT2D eigenvalue weighted by Crippen LogP contribution is -2.45. The van der Waals surface area contributed by atoms with Crippen molar-refractivity contribution in [2.75, 3.05) is 12.4 Å².